The molecule has 2 fully saturated rings. The fraction of sp³-hybridized carbons (Fsp3) is 0.609. The molecule has 1 aromatic carbocycles. The van der Waals surface area contributed by atoms with Crippen LogP contribution in [0, 0.1) is 0 Å². The number of piperidine rings is 1. The first-order valence-electron chi connectivity index (χ1n) is 11.3. The highest BCUT2D eigenvalue weighted by Gasteiger charge is 2.30. The van der Waals surface area contributed by atoms with Crippen LogP contribution in [0.2, 0.25) is 0 Å². The molecule has 2 heterocycles. The summed E-state index contributed by atoms with van der Waals surface area (Å²) < 4.78 is 3.47. The van der Waals surface area contributed by atoms with Gasteiger partial charge in [-0.2, -0.15) is 5.10 Å². The number of carbonyl (C=O) groups excluding carboxylic acids is 1. The van der Waals surface area contributed by atoms with Crippen molar-refractivity contribution >= 4 is 11.6 Å². The van der Waals surface area contributed by atoms with Gasteiger partial charge in [-0.05, 0) is 62.9 Å². The highest BCUT2D eigenvalue weighted by atomic mass is 16.2. The number of aryl methyl sites for hydroxylation is 2. The summed E-state index contributed by atoms with van der Waals surface area (Å²) in [6.07, 6.45) is 7.41. The fourth-order valence-corrected chi connectivity index (χ4v) is 4.86. The van der Waals surface area contributed by atoms with Crippen molar-refractivity contribution in [2.45, 2.75) is 63.8 Å². The molecule has 1 saturated heterocycles. The van der Waals surface area contributed by atoms with Crippen LogP contribution in [0.5, 0.6) is 0 Å². The first-order valence-corrected chi connectivity index (χ1v) is 11.3. The van der Waals surface area contributed by atoms with Crippen molar-refractivity contribution in [3.8, 4) is 0 Å². The standard InChI is InChI=1S/C23H33N5O2/c1-3-17-8-10-19(11-9-17)24-21(29)16-27-14-12-18(13-15-27)22-25-26(2)23(30)28(22)20-6-4-5-7-20/h8-11,18,20H,3-7,12-16H2,1-2H3,(H,24,29). The summed E-state index contributed by atoms with van der Waals surface area (Å²) >= 11 is 0. The number of nitrogens with zero attached hydrogens (tertiary/aromatic N) is 4. The first-order chi connectivity index (χ1) is 14.5. The van der Waals surface area contributed by atoms with Crippen LogP contribution in [-0.4, -0.2) is 44.8 Å². The quantitative estimate of drug-likeness (QED) is 0.793. The second-order valence-corrected chi connectivity index (χ2v) is 8.72. The molecule has 1 aliphatic heterocycles. The summed E-state index contributed by atoms with van der Waals surface area (Å²) in [5.74, 6) is 1.27. The molecule has 2 aliphatic rings. The SMILES string of the molecule is CCc1ccc(NC(=O)CN2CCC(c3nn(C)c(=O)n3C3CCCC3)CC2)cc1. The molecule has 0 spiro atoms. The average molecular weight is 412 g/mol. The highest BCUT2D eigenvalue weighted by molar-refractivity contribution is 5.92. The Kier molecular flexibility index (Phi) is 6.37. The van der Waals surface area contributed by atoms with E-state index >= 15 is 0 Å². The van der Waals surface area contributed by atoms with E-state index in [1.807, 2.05) is 16.7 Å². The number of hydrogen-bond donors (Lipinski definition) is 1. The number of likely N-dealkylation sites (tertiary alicyclic amines) is 1. The number of benzene rings is 1. The molecule has 1 N–H and O–H groups in total. The van der Waals surface area contributed by atoms with Crippen LogP contribution in [0.3, 0.4) is 0 Å². The lowest BCUT2D eigenvalue weighted by atomic mass is 9.95. The number of carbonyl (C=O) groups is 1. The number of aromatic nitrogens is 3. The molecule has 0 radical (unpaired) electrons. The largest absolute Gasteiger partial charge is 0.345 e. The van der Waals surface area contributed by atoms with Crippen LogP contribution in [0.25, 0.3) is 0 Å². The molecule has 1 aromatic heterocycles. The van der Waals surface area contributed by atoms with Crippen molar-refractivity contribution in [3.63, 3.8) is 0 Å². The van der Waals surface area contributed by atoms with Gasteiger partial charge in [-0.1, -0.05) is 31.9 Å². The third-order valence-corrected chi connectivity index (χ3v) is 6.64. The Morgan fingerprint density at radius 2 is 1.77 bits per heavy atom. The molecule has 30 heavy (non-hydrogen) atoms. The summed E-state index contributed by atoms with van der Waals surface area (Å²) in [5.41, 5.74) is 2.13. The van der Waals surface area contributed by atoms with E-state index in [1.165, 1.54) is 23.1 Å². The zero-order valence-electron chi connectivity index (χ0n) is 18.1. The first kappa shape index (κ1) is 20.8. The molecule has 1 aliphatic carbocycles. The number of hydrogen-bond acceptors (Lipinski definition) is 4. The van der Waals surface area contributed by atoms with E-state index in [9.17, 15) is 9.59 Å². The van der Waals surface area contributed by atoms with Crippen LogP contribution >= 0.6 is 0 Å². The molecule has 0 atom stereocenters. The Hall–Kier alpha value is -2.41. The van der Waals surface area contributed by atoms with Crippen molar-refractivity contribution in [2.75, 3.05) is 25.0 Å². The molecular formula is C23H33N5O2. The van der Waals surface area contributed by atoms with E-state index in [1.54, 1.807) is 7.05 Å². The molecular weight excluding hydrogens is 378 g/mol. The van der Waals surface area contributed by atoms with E-state index in [0.29, 0.717) is 18.5 Å². The minimum absolute atomic E-state index is 0.0211. The lowest BCUT2D eigenvalue weighted by Crippen LogP contribution is -2.39. The molecule has 2 aromatic rings. The van der Waals surface area contributed by atoms with E-state index in [-0.39, 0.29) is 11.6 Å². The maximum absolute atomic E-state index is 12.6. The number of anilines is 1. The lowest BCUT2D eigenvalue weighted by Gasteiger charge is -2.31. The minimum atomic E-state index is 0.0211. The smallest absolute Gasteiger partial charge is 0.325 e. The third kappa shape index (κ3) is 4.51. The van der Waals surface area contributed by atoms with Crippen molar-refractivity contribution in [1.29, 1.82) is 0 Å². The van der Waals surface area contributed by atoms with E-state index in [2.05, 4.69) is 34.4 Å². The second kappa shape index (κ2) is 9.16. The summed E-state index contributed by atoms with van der Waals surface area (Å²) in [7, 11) is 1.75. The monoisotopic (exact) mass is 411 g/mol. The molecule has 4 rings (SSSR count). The van der Waals surface area contributed by atoms with Gasteiger partial charge in [0.05, 0.1) is 6.54 Å². The molecule has 0 unspecified atom stereocenters. The third-order valence-electron chi connectivity index (χ3n) is 6.64. The van der Waals surface area contributed by atoms with Gasteiger partial charge in [-0.3, -0.25) is 14.3 Å². The Morgan fingerprint density at radius 1 is 1.10 bits per heavy atom. The zero-order valence-corrected chi connectivity index (χ0v) is 18.1. The predicted octanol–water partition coefficient (Wildman–Crippen LogP) is 3.08. The summed E-state index contributed by atoms with van der Waals surface area (Å²) in [6.45, 7) is 4.22. The second-order valence-electron chi connectivity index (χ2n) is 8.72. The fourth-order valence-electron chi connectivity index (χ4n) is 4.86. The minimum Gasteiger partial charge on any atom is -0.325 e. The van der Waals surface area contributed by atoms with Crippen molar-refractivity contribution in [1.82, 2.24) is 19.2 Å². The Morgan fingerprint density at radius 3 is 2.40 bits per heavy atom. The van der Waals surface area contributed by atoms with Crippen LogP contribution in [-0.2, 0) is 18.3 Å². The van der Waals surface area contributed by atoms with Crippen LogP contribution < -0.4 is 11.0 Å². The molecule has 7 heteroatoms. The number of rotatable bonds is 6. The molecule has 1 amide bonds. The van der Waals surface area contributed by atoms with Crippen molar-refractivity contribution in [2.24, 2.45) is 7.05 Å². The van der Waals surface area contributed by atoms with E-state index < -0.39 is 0 Å². The van der Waals surface area contributed by atoms with Gasteiger partial charge < -0.3 is 5.32 Å². The van der Waals surface area contributed by atoms with Crippen LogP contribution in [0.1, 0.15) is 68.8 Å². The van der Waals surface area contributed by atoms with Gasteiger partial charge in [0, 0.05) is 24.7 Å². The summed E-state index contributed by atoms with van der Waals surface area (Å²) in [6, 6.07) is 8.35. The van der Waals surface area contributed by atoms with Gasteiger partial charge in [-0.25, -0.2) is 9.48 Å². The predicted molar refractivity (Wildman–Crippen MR) is 118 cm³/mol. The Balaban J connectivity index is 1.33. The van der Waals surface area contributed by atoms with Crippen molar-refractivity contribution in [3.05, 3.63) is 46.1 Å². The van der Waals surface area contributed by atoms with Crippen LogP contribution in [0.4, 0.5) is 5.69 Å². The molecule has 7 nitrogen and oxygen atoms in total. The van der Waals surface area contributed by atoms with Crippen molar-refractivity contribution < 1.29 is 4.79 Å². The van der Waals surface area contributed by atoms with E-state index in [4.69, 9.17) is 0 Å². The summed E-state index contributed by atoms with van der Waals surface area (Å²) in [5, 5.41) is 7.60. The maximum Gasteiger partial charge on any atom is 0.345 e. The lowest BCUT2D eigenvalue weighted by molar-refractivity contribution is -0.117. The normalized spacial score (nSPS) is 18.7. The van der Waals surface area contributed by atoms with E-state index in [0.717, 1.165) is 56.7 Å². The van der Waals surface area contributed by atoms with Gasteiger partial charge in [-0.15, -0.1) is 0 Å². The molecule has 162 valence electrons. The van der Waals surface area contributed by atoms with Gasteiger partial charge in [0.1, 0.15) is 5.82 Å². The maximum atomic E-state index is 12.6. The zero-order chi connectivity index (χ0) is 21.1. The topological polar surface area (TPSA) is 72.2 Å². The Labute approximate surface area is 178 Å². The van der Waals surface area contributed by atoms with Gasteiger partial charge in [0.2, 0.25) is 5.91 Å². The number of amides is 1. The molecule has 0 bridgehead atoms. The average Bonchev–Trinajstić information content (AvgIpc) is 3.37. The van der Waals surface area contributed by atoms with Gasteiger partial charge in [0.25, 0.3) is 0 Å². The van der Waals surface area contributed by atoms with Crippen LogP contribution in [0.15, 0.2) is 29.1 Å². The highest BCUT2D eigenvalue weighted by Crippen LogP contribution is 2.33. The van der Waals surface area contributed by atoms with Gasteiger partial charge >= 0.3 is 5.69 Å². The van der Waals surface area contributed by atoms with Gasteiger partial charge in [0.15, 0.2) is 0 Å². The number of nitrogens with one attached hydrogen (secondary N) is 1. The Bertz CT molecular complexity index is 916. The summed E-state index contributed by atoms with van der Waals surface area (Å²) in [4.78, 5) is 27.3. The molecule has 1 saturated carbocycles.